The van der Waals surface area contributed by atoms with Crippen LogP contribution in [-0.4, -0.2) is 20.0 Å². The molecule has 30 heavy (non-hydrogen) atoms. The highest BCUT2D eigenvalue weighted by Gasteiger charge is 2.18. The number of amides is 1. The lowest BCUT2D eigenvalue weighted by Gasteiger charge is -2.22. The molecule has 0 unspecified atom stereocenters. The molecule has 0 aromatic heterocycles. The Labute approximate surface area is 182 Å². The third-order valence-electron chi connectivity index (χ3n) is 5.20. The van der Waals surface area contributed by atoms with E-state index in [0.717, 1.165) is 37.3 Å². The zero-order chi connectivity index (χ0) is 21.6. The molecule has 2 aromatic carbocycles. The van der Waals surface area contributed by atoms with Gasteiger partial charge in [0.05, 0.1) is 4.90 Å². The number of carbonyl (C=O) groups is 1. The minimum atomic E-state index is -3.84. The third kappa shape index (κ3) is 6.06. The summed E-state index contributed by atoms with van der Waals surface area (Å²) in [5, 5.41) is 4.77. The van der Waals surface area contributed by atoms with Gasteiger partial charge in [-0.3, -0.25) is 9.52 Å². The number of hydrazone groups is 1. The van der Waals surface area contributed by atoms with Crippen molar-refractivity contribution in [3.8, 4) is 0 Å². The van der Waals surface area contributed by atoms with Crippen molar-refractivity contribution in [2.75, 3.05) is 4.72 Å². The van der Waals surface area contributed by atoms with Gasteiger partial charge in [-0.2, -0.15) is 5.10 Å². The second kappa shape index (κ2) is 10.1. The fourth-order valence-corrected chi connectivity index (χ4v) is 4.78. The van der Waals surface area contributed by atoms with E-state index in [9.17, 15) is 13.2 Å². The van der Waals surface area contributed by atoms with Gasteiger partial charge in [0.1, 0.15) is 0 Å². The normalized spacial score (nSPS) is 16.7. The van der Waals surface area contributed by atoms with Gasteiger partial charge in [-0.15, -0.1) is 0 Å². The first kappa shape index (κ1) is 22.3. The molecule has 0 heterocycles. The average Bonchev–Trinajstić information content (AvgIpc) is 2.75. The number of nitrogens with one attached hydrogen (secondary N) is 2. The lowest BCUT2D eigenvalue weighted by Crippen LogP contribution is -2.22. The summed E-state index contributed by atoms with van der Waals surface area (Å²) < 4.78 is 27.8. The Morgan fingerprint density at radius 3 is 2.50 bits per heavy atom. The van der Waals surface area contributed by atoms with E-state index in [-0.39, 0.29) is 10.5 Å². The van der Waals surface area contributed by atoms with Crippen molar-refractivity contribution in [1.29, 1.82) is 0 Å². The summed E-state index contributed by atoms with van der Waals surface area (Å²) in [5.41, 5.74) is 4.18. The van der Waals surface area contributed by atoms with Gasteiger partial charge in [-0.05, 0) is 74.1 Å². The number of anilines is 1. The highest BCUT2D eigenvalue weighted by Crippen LogP contribution is 2.26. The molecule has 1 saturated carbocycles. The van der Waals surface area contributed by atoms with Crippen LogP contribution in [0.5, 0.6) is 0 Å². The van der Waals surface area contributed by atoms with E-state index in [0.29, 0.717) is 10.7 Å². The van der Waals surface area contributed by atoms with Crippen LogP contribution in [0.15, 0.2) is 58.5 Å². The highest BCUT2D eigenvalue weighted by atomic mass is 35.5. The Kier molecular flexibility index (Phi) is 7.50. The summed E-state index contributed by atoms with van der Waals surface area (Å²) in [6.45, 7) is 2.20. The number of sulfonamides is 1. The van der Waals surface area contributed by atoms with Crippen LogP contribution in [0.4, 0.5) is 5.69 Å². The van der Waals surface area contributed by atoms with E-state index in [1.807, 2.05) is 0 Å². The minimum Gasteiger partial charge on any atom is -0.280 e. The SMILES string of the molecule is CCCC1CCC(=NNC(=O)c2cccc(S(=O)(=O)Nc3ccc(Cl)cc3)c2)CC1. The summed E-state index contributed by atoms with van der Waals surface area (Å²) in [5.74, 6) is 0.321. The quantitative estimate of drug-likeness (QED) is 0.570. The van der Waals surface area contributed by atoms with Crippen molar-refractivity contribution in [3.05, 3.63) is 59.1 Å². The maximum Gasteiger partial charge on any atom is 0.271 e. The van der Waals surface area contributed by atoms with E-state index in [2.05, 4.69) is 22.2 Å². The van der Waals surface area contributed by atoms with E-state index >= 15 is 0 Å². The number of hydrogen-bond donors (Lipinski definition) is 2. The second-order valence-corrected chi connectivity index (χ2v) is 9.61. The molecule has 0 bridgehead atoms. The van der Waals surface area contributed by atoms with Crippen molar-refractivity contribution < 1.29 is 13.2 Å². The predicted molar refractivity (Wildman–Crippen MR) is 120 cm³/mol. The summed E-state index contributed by atoms with van der Waals surface area (Å²) in [6.07, 6.45) is 6.43. The van der Waals surface area contributed by atoms with Crippen LogP contribution in [0, 0.1) is 5.92 Å². The molecular formula is C22H26ClN3O3S. The number of carbonyl (C=O) groups excluding carboxylic acids is 1. The van der Waals surface area contributed by atoms with Gasteiger partial charge >= 0.3 is 0 Å². The summed E-state index contributed by atoms with van der Waals surface area (Å²) >= 11 is 5.83. The first-order valence-electron chi connectivity index (χ1n) is 10.1. The van der Waals surface area contributed by atoms with Gasteiger partial charge in [0.2, 0.25) is 0 Å². The topological polar surface area (TPSA) is 87.6 Å². The number of rotatable bonds is 7. The van der Waals surface area contributed by atoms with Crippen LogP contribution < -0.4 is 10.1 Å². The van der Waals surface area contributed by atoms with Gasteiger partial charge in [0.15, 0.2) is 0 Å². The molecule has 0 spiro atoms. The standard InChI is InChI=1S/C22H26ClN3O3S/c1-2-4-16-7-11-19(12-8-16)24-25-22(27)17-5-3-6-21(15-17)30(28,29)26-20-13-9-18(23)10-14-20/h3,5-6,9-10,13-16,26H,2,4,7-8,11-12H2,1H3,(H,25,27). The van der Waals surface area contributed by atoms with Crippen molar-refractivity contribution in [2.45, 2.75) is 50.3 Å². The van der Waals surface area contributed by atoms with Crippen molar-refractivity contribution in [1.82, 2.24) is 5.43 Å². The summed E-state index contributed by atoms with van der Waals surface area (Å²) in [4.78, 5) is 12.5. The van der Waals surface area contributed by atoms with Crippen molar-refractivity contribution in [2.24, 2.45) is 11.0 Å². The maximum atomic E-state index is 12.6. The smallest absolute Gasteiger partial charge is 0.271 e. The minimum absolute atomic E-state index is 0.00201. The maximum absolute atomic E-state index is 12.6. The van der Waals surface area contributed by atoms with Gasteiger partial charge in [-0.25, -0.2) is 13.8 Å². The van der Waals surface area contributed by atoms with Crippen LogP contribution in [0.3, 0.4) is 0 Å². The number of nitrogens with zero attached hydrogens (tertiary/aromatic N) is 1. The van der Waals surface area contributed by atoms with Crippen LogP contribution in [-0.2, 0) is 10.0 Å². The number of hydrogen-bond acceptors (Lipinski definition) is 4. The molecule has 0 aliphatic heterocycles. The molecule has 6 nitrogen and oxygen atoms in total. The Hall–Kier alpha value is -2.38. The summed E-state index contributed by atoms with van der Waals surface area (Å²) in [7, 11) is -3.84. The van der Waals surface area contributed by atoms with E-state index < -0.39 is 15.9 Å². The molecule has 2 aromatic rings. The van der Waals surface area contributed by atoms with Gasteiger partial charge in [0, 0.05) is 22.0 Å². The van der Waals surface area contributed by atoms with Crippen molar-refractivity contribution in [3.63, 3.8) is 0 Å². The molecule has 0 radical (unpaired) electrons. The van der Waals surface area contributed by atoms with Gasteiger partial charge in [-0.1, -0.05) is 37.4 Å². The van der Waals surface area contributed by atoms with Crippen molar-refractivity contribution >= 4 is 38.9 Å². The van der Waals surface area contributed by atoms with E-state index in [4.69, 9.17) is 11.6 Å². The van der Waals surface area contributed by atoms with Crippen LogP contribution in [0.1, 0.15) is 55.8 Å². The first-order chi connectivity index (χ1) is 14.4. The molecule has 160 valence electrons. The number of halogens is 1. The fraction of sp³-hybridized carbons (Fsp3) is 0.364. The monoisotopic (exact) mass is 447 g/mol. The zero-order valence-corrected chi connectivity index (χ0v) is 18.5. The first-order valence-corrected chi connectivity index (χ1v) is 12.0. The lowest BCUT2D eigenvalue weighted by molar-refractivity contribution is 0.0954. The Bertz CT molecular complexity index is 1010. The third-order valence-corrected chi connectivity index (χ3v) is 6.83. The molecule has 0 saturated heterocycles. The molecular weight excluding hydrogens is 422 g/mol. The molecule has 3 rings (SSSR count). The molecule has 1 aliphatic rings. The van der Waals surface area contributed by atoms with E-state index in [1.165, 1.54) is 31.0 Å². The Morgan fingerprint density at radius 1 is 1.13 bits per heavy atom. The Morgan fingerprint density at radius 2 is 1.83 bits per heavy atom. The van der Waals surface area contributed by atoms with Gasteiger partial charge in [0.25, 0.3) is 15.9 Å². The fourth-order valence-electron chi connectivity index (χ4n) is 3.55. The molecule has 1 fully saturated rings. The molecule has 0 atom stereocenters. The molecule has 1 aliphatic carbocycles. The number of benzene rings is 2. The van der Waals surface area contributed by atoms with Crippen LogP contribution >= 0.6 is 11.6 Å². The molecule has 1 amide bonds. The molecule has 8 heteroatoms. The predicted octanol–water partition coefficient (Wildman–Crippen LogP) is 5.22. The van der Waals surface area contributed by atoms with Crippen LogP contribution in [0.25, 0.3) is 0 Å². The highest BCUT2D eigenvalue weighted by molar-refractivity contribution is 7.92. The molecule has 2 N–H and O–H groups in total. The average molecular weight is 448 g/mol. The van der Waals surface area contributed by atoms with E-state index in [1.54, 1.807) is 30.3 Å². The largest absolute Gasteiger partial charge is 0.280 e. The summed E-state index contributed by atoms with van der Waals surface area (Å²) in [6, 6.07) is 12.2. The zero-order valence-electron chi connectivity index (χ0n) is 16.9. The van der Waals surface area contributed by atoms with Gasteiger partial charge < -0.3 is 0 Å². The second-order valence-electron chi connectivity index (χ2n) is 7.49. The Balaban J connectivity index is 1.65. The lowest BCUT2D eigenvalue weighted by atomic mass is 9.85. The van der Waals surface area contributed by atoms with Crippen LogP contribution in [0.2, 0.25) is 5.02 Å².